The Bertz CT molecular complexity index is 757. The van der Waals surface area contributed by atoms with Gasteiger partial charge in [-0.2, -0.15) is 0 Å². The van der Waals surface area contributed by atoms with Gasteiger partial charge >= 0.3 is 0 Å². The normalized spacial score (nSPS) is 27.1. The summed E-state index contributed by atoms with van der Waals surface area (Å²) >= 11 is 0. The Kier molecular flexibility index (Phi) is 9.85. The van der Waals surface area contributed by atoms with Crippen molar-refractivity contribution >= 4 is 0 Å². The molecular formula is C29H48O5. The lowest BCUT2D eigenvalue weighted by Crippen LogP contribution is -2.33. The highest BCUT2D eigenvalue weighted by molar-refractivity contribution is 5.43. The number of rotatable bonds is 12. The number of benzene rings is 1. The van der Waals surface area contributed by atoms with Crippen molar-refractivity contribution in [2.75, 3.05) is 6.61 Å². The SMILES string of the molecule is CCCCC[C@@H](O)CC[C@@H]1[C@H]2Cc3cccc(OCC(O)O[C@@H](C)C(C)(C)C)c3C[C@H]2C[C@H]1O. The molecule has 0 bridgehead atoms. The first-order valence-corrected chi connectivity index (χ1v) is 13.5. The first-order valence-electron chi connectivity index (χ1n) is 13.5. The minimum Gasteiger partial charge on any atom is -0.488 e. The smallest absolute Gasteiger partial charge is 0.189 e. The number of hydrogen-bond donors (Lipinski definition) is 3. The van der Waals surface area contributed by atoms with E-state index in [1.165, 1.54) is 24.0 Å². The fourth-order valence-electron chi connectivity index (χ4n) is 5.74. The number of ether oxygens (including phenoxy) is 2. The molecule has 1 aromatic rings. The summed E-state index contributed by atoms with van der Waals surface area (Å²) in [6, 6.07) is 6.18. The Morgan fingerprint density at radius 1 is 1.09 bits per heavy atom. The summed E-state index contributed by atoms with van der Waals surface area (Å²) in [5.74, 6) is 1.99. The van der Waals surface area contributed by atoms with Gasteiger partial charge in [-0.3, -0.25) is 0 Å². The highest BCUT2D eigenvalue weighted by Crippen LogP contribution is 2.48. The molecule has 0 aliphatic heterocycles. The maximum absolute atomic E-state index is 10.9. The lowest BCUT2D eigenvalue weighted by atomic mass is 9.73. The summed E-state index contributed by atoms with van der Waals surface area (Å²) in [6.45, 7) is 10.5. The van der Waals surface area contributed by atoms with E-state index in [0.29, 0.717) is 11.8 Å². The quantitative estimate of drug-likeness (QED) is 0.283. The molecule has 0 spiro atoms. The number of hydrogen-bond acceptors (Lipinski definition) is 5. The molecule has 34 heavy (non-hydrogen) atoms. The van der Waals surface area contributed by atoms with Crippen molar-refractivity contribution in [2.24, 2.45) is 23.2 Å². The number of aliphatic hydroxyl groups is 3. The second kappa shape index (κ2) is 12.2. The lowest BCUT2D eigenvalue weighted by molar-refractivity contribution is -0.170. The Labute approximate surface area is 206 Å². The molecule has 0 heterocycles. The topological polar surface area (TPSA) is 79.2 Å². The van der Waals surface area contributed by atoms with Gasteiger partial charge in [-0.1, -0.05) is 59.1 Å². The third-order valence-electron chi connectivity index (χ3n) is 8.28. The van der Waals surface area contributed by atoms with Crippen LogP contribution in [0.4, 0.5) is 0 Å². The second-order valence-corrected chi connectivity index (χ2v) is 11.8. The predicted molar refractivity (Wildman–Crippen MR) is 136 cm³/mol. The van der Waals surface area contributed by atoms with Crippen LogP contribution in [0, 0.1) is 23.2 Å². The molecule has 1 aromatic carbocycles. The van der Waals surface area contributed by atoms with Gasteiger partial charge in [0, 0.05) is 0 Å². The van der Waals surface area contributed by atoms with Crippen molar-refractivity contribution in [2.45, 2.75) is 117 Å². The van der Waals surface area contributed by atoms with Crippen LogP contribution in [0.1, 0.15) is 90.7 Å². The Morgan fingerprint density at radius 2 is 1.85 bits per heavy atom. The van der Waals surface area contributed by atoms with E-state index < -0.39 is 6.29 Å². The second-order valence-electron chi connectivity index (χ2n) is 11.8. The molecule has 1 saturated carbocycles. The van der Waals surface area contributed by atoms with Crippen LogP contribution in [0.15, 0.2) is 18.2 Å². The number of aliphatic hydroxyl groups excluding tert-OH is 3. The summed E-state index contributed by atoms with van der Waals surface area (Å²) in [4.78, 5) is 0. The summed E-state index contributed by atoms with van der Waals surface area (Å²) in [5, 5.41) is 31.6. The van der Waals surface area contributed by atoms with Crippen molar-refractivity contribution in [3.8, 4) is 5.75 Å². The molecule has 2 aliphatic rings. The third-order valence-corrected chi connectivity index (χ3v) is 8.28. The Balaban J connectivity index is 1.58. The minimum atomic E-state index is -0.970. The van der Waals surface area contributed by atoms with Gasteiger partial charge in [0.1, 0.15) is 12.4 Å². The van der Waals surface area contributed by atoms with Crippen LogP contribution in [-0.2, 0) is 17.6 Å². The fraction of sp³-hybridized carbons (Fsp3) is 0.793. The van der Waals surface area contributed by atoms with Crippen LogP contribution in [0.5, 0.6) is 5.75 Å². The zero-order valence-electron chi connectivity index (χ0n) is 22.0. The molecule has 0 saturated heterocycles. The largest absolute Gasteiger partial charge is 0.488 e. The number of unbranched alkanes of at least 4 members (excludes halogenated alkanes) is 2. The van der Waals surface area contributed by atoms with Crippen molar-refractivity contribution in [3.05, 3.63) is 29.3 Å². The van der Waals surface area contributed by atoms with E-state index in [0.717, 1.165) is 50.7 Å². The molecule has 1 unspecified atom stereocenters. The van der Waals surface area contributed by atoms with Crippen molar-refractivity contribution in [3.63, 3.8) is 0 Å². The van der Waals surface area contributed by atoms with Crippen LogP contribution >= 0.6 is 0 Å². The molecule has 2 aliphatic carbocycles. The highest BCUT2D eigenvalue weighted by Gasteiger charge is 2.44. The highest BCUT2D eigenvalue weighted by atomic mass is 16.6. The average Bonchev–Trinajstić information content (AvgIpc) is 3.08. The third kappa shape index (κ3) is 7.19. The van der Waals surface area contributed by atoms with Gasteiger partial charge < -0.3 is 24.8 Å². The van der Waals surface area contributed by atoms with Gasteiger partial charge in [0.15, 0.2) is 6.29 Å². The van der Waals surface area contributed by atoms with Gasteiger partial charge in [0.25, 0.3) is 0 Å². The Hall–Kier alpha value is -1.14. The van der Waals surface area contributed by atoms with Crippen LogP contribution in [0.3, 0.4) is 0 Å². The molecule has 1 fully saturated rings. The molecule has 0 aromatic heterocycles. The van der Waals surface area contributed by atoms with Gasteiger partial charge in [0.05, 0.1) is 18.3 Å². The van der Waals surface area contributed by atoms with Crippen LogP contribution in [0.25, 0.3) is 0 Å². The average molecular weight is 477 g/mol. The molecule has 7 atom stereocenters. The van der Waals surface area contributed by atoms with Crippen LogP contribution in [0.2, 0.25) is 0 Å². The standard InChI is InChI=1S/C29H48O5/c1-6-7-8-11-22(30)13-14-23-24-15-20-10-9-12-27(25(20)16-21(24)17-26(23)31)33-18-28(32)34-19(2)29(3,4)5/h9-10,12,19,21-24,26,28,30-32H,6-8,11,13-18H2,1-5H3/t19-,21-,22+,23+,24-,26+,28?/m0/s1. The number of fused-ring (bicyclic) bond motifs is 2. The van der Waals surface area contributed by atoms with E-state index in [2.05, 4.69) is 33.8 Å². The maximum Gasteiger partial charge on any atom is 0.189 e. The minimum absolute atomic E-state index is 0.0483. The van der Waals surface area contributed by atoms with Gasteiger partial charge in [-0.05, 0) is 85.8 Å². The molecular weight excluding hydrogens is 428 g/mol. The zero-order valence-corrected chi connectivity index (χ0v) is 22.0. The first kappa shape index (κ1) is 27.4. The monoisotopic (exact) mass is 476 g/mol. The van der Waals surface area contributed by atoms with Gasteiger partial charge in [0.2, 0.25) is 0 Å². The van der Waals surface area contributed by atoms with E-state index in [9.17, 15) is 15.3 Å². The molecule has 3 rings (SSSR count). The van der Waals surface area contributed by atoms with E-state index in [1.807, 2.05) is 19.1 Å². The van der Waals surface area contributed by atoms with Crippen molar-refractivity contribution < 1.29 is 24.8 Å². The van der Waals surface area contributed by atoms with E-state index in [-0.39, 0.29) is 36.3 Å². The predicted octanol–water partition coefficient (Wildman–Crippen LogP) is 5.27. The van der Waals surface area contributed by atoms with Crippen molar-refractivity contribution in [1.82, 2.24) is 0 Å². The summed E-state index contributed by atoms with van der Waals surface area (Å²) in [6.07, 6.45) is 7.08. The first-order chi connectivity index (χ1) is 16.1. The molecule has 0 radical (unpaired) electrons. The fourth-order valence-corrected chi connectivity index (χ4v) is 5.74. The summed E-state index contributed by atoms with van der Waals surface area (Å²) in [5.41, 5.74) is 2.46. The van der Waals surface area contributed by atoms with Crippen LogP contribution < -0.4 is 4.74 Å². The molecule has 3 N–H and O–H groups in total. The van der Waals surface area contributed by atoms with E-state index >= 15 is 0 Å². The Morgan fingerprint density at radius 3 is 2.56 bits per heavy atom. The van der Waals surface area contributed by atoms with Crippen molar-refractivity contribution in [1.29, 1.82) is 0 Å². The maximum atomic E-state index is 10.9. The summed E-state index contributed by atoms with van der Waals surface area (Å²) in [7, 11) is 0. The molecule has 5 heteroatoms. The van der Waals surface area contributed by atoms with Gasteiger partial charge in [-0.25, -0.2) is 0 Å². The zero-order chi connectivity index (χ0) is 24.9. The molecule has 5 nitrogen and oxygen atoms in total. The molecule has 0 amide bonds. The lowest BCUT2D eigenvalue weighted by Gasteiger charge is -2.33. The van der Waals surface area contributed by atoms with E-state index in [4.69, 9.17) is 9.47 Å². The molecule has 194 valence electrons. The summed E-state index contributed by atoms with van der Waals surface area (Å²) < 4.78 is 11.8. The van der Waals surface area contributed by atoms with Gasteiger partial charge in [-0.15, -0.1) is 0 Å². The van der Waals surface area contributed by atoms with E-state index in [1.54, 1.807) is 0 Å². The van der Waals surface area contributed by atoms with Crippen LogP contribution in [-0.4, -0.2) is 46.5 Å².